The molecule has 0 saturated carbocycles. The third-order valence-corrected chi connectivity index (χ3v) is 3.80. The Bertz CT molecular complexity index is 764. The van der Waals surface area contributed by atoms with Crippen molar-refractivity contribution in [2.24, 2.45) is 7.05 Å². The van der Waals surface area contributed by atoms with Gasteiger partial charge in [0.2, 0.25) is 0 Å². The first-order chi connectivity index (χ1) is 9.65. The monoisotopic (exact) mass is 305 g/mol. The topological polar surface area (TPSA) is 14.2 Å². The molecule has 0 bridgehead atoms. The molecule has 0 saturated heterocycles. The van der Waals surface area contributed by atoms with Crippen molar-refractivity contribution in [2.75, 3.05) is 0 Å². The Labute approximate surface area is 127 Å². The molecule has 0 amide bonds. The van der Waals surface area contributed by atoms with E-state index in [0.717, 1.165) is 21.5 Å². The molecule has 0 fully saturated rings. The van der Waals surface area contributed by atoms with Gasteiger partial charge in [-0.2, -0.15) is 0 Å². The van der Waals surface area contributed by atoms with E-state index in [0.29, 0.717) is 17.4 Å². The number of aryl methyl sites for hydroxylation is 1. The largest absolute Gasteiger partial charge is 0.487 e. The van der Waals surface area contributed by atoms with Crippen LogP contribution in [0.3, 0.4) is 0 Å². The van der Waals surface area contributed by atoms with Crippen LogP contribution in [0.5, 0.6) is 5.75 Å². The van der Waals surface area contributed by atoms with E-state index >= 15 is 0 Å². The molecule has 0 aliphatic rings. The summed E-state index contributed by atoms with van der Waals surface area (Å²) in [5, 5.41) is 2.44. The summed E-state index contributed by atoms with van der Waals surface area (Å²) in [7, 11) is 2.01. The molecule has 0 unspecified atom stereocenters. The Kier molecular flexibility index (Phi) is 3.60. The van der Waals surface area contributed by atoms with E-state index < -0.39 is 0 Å². The highest BCUT2D eigenvalue weighted by atomic mass is 35.5. The molecule has 0 N–H and O–H groups in total. The van der Waals surface area contributed by atoms with Gasteiger partial charge in [0.25, 0.3) is 0 Å². The van der Waals surface area contributed by atoms with Crippen LogP contribution in [0.2, 0.25) is 10.0 Å². The van der Waals surface area contributed by atoms with Gasteiger partial charge in [-0.3, -0.25) is 0 Å². The molecule has 20 heavy (non-hydrogen) atoms. The Morgan fingerprint density at radius 1 is 1.10 bits per heavy atom. The molecule has 4 heteroatoms. The lowest BCUT2D eigenvalue weighted by Gasteiger charge is -2.07. The van der Waals surface area contributed by atoms with Crippen molar-refractivity contribution < 1.29 is 4.74 Å². The number of halogens is 2. The number of benzene rings is 2. The fourth-order valence-electron chi connectivity index (χ4n) is 2.28. The number of nitrogens with zero attached hydrogens (tertiary/aromatic N) is 1. The van der Waals surface area contributed by atoms with Crippen molar-refractivity contribution in [1.29, 1.82) is 0 Å². The highest BCUT2D eigenvalue weighted by Gasteiger charge is 2.08. The average Bonchev–Trinajstić information content (AvgIpc) is 2.74. The van der Waals surface area contributed by atoms with E-state index in [2.05, 4.69) is 10.8 Å². The molecular weight excluding hydrogens is 293 g/mol. The minimum absolute atomic E-state index is 0.460. The molecule has 1 aromatic heterocycles. The van der Waals surface area contributed by atoms with Crippen LogP contribution < -0.4 is 4.74 Å². The summed E-state index contributed by atoms with van der Waals surface area (Å²) in [5.74, 6) is 0.688. The zero-order chi connectivity index (χ0) is 14.1. The molecule has 0 radical (unpaired) electrons. The number of aromatic nitrogens is 1. The second-order valence-electron chi connectivity index (χ2n) is 4.65. The van der Waals surface area contributed by atoms with E-state index in [1.165, 1.54) is 0 Å². The second kappa shape index (κ2) is 5.39. The Hall–Kier alpha value is -1.64. The van der Waals surface area contributed by atoms with Gasteiger partial charge in [-0.25, -0.2) is 0 Å². The molecule has 102 valence electrons. The lowest BCUT2D eigenvalue weighted by molar-refractivity contribution is 0.307. The third-order valence-electron chi connectivity index (χ3n) is 3.25. The van der Waals surface area contributed by atoms with Crippen LogP contribution in [0, 0.1) is 0 Å². The fraction of sp³-hybridized carbons (Fsp3) is 0.125. The van der Waals surface area contributed by atoms with Gasteiger partial charge < -0.3 is 9.30 Å². The Morgan fingerprint density at radius 2 is 1.90 bits per heavy atom. The summed E-state index contributed by atoms with van der Waals surface area (Å²) in [5.41, 5.74) is 2.22. The van der Waals surface area contributed by atoms with E-state index in [-0.39, 0.29) is 0 Å². The fourth-order valence-corrected chi connectivity index (χ4v) is 2.64. The molecule has 2 aromatic carbocycles. The molecule has 1 heterocycles. The summed E-state index contributed by atoms with van der Waals surface area (Å²) in [6.07, 6.45) is 2.05. The van der Waals surface area contributed by atoms with Crippen LogP contribution in [-0.2, 0) is 13.7 Å². The van der Waals surface area contributed by atoms with Crippen LogP contribution in [0.1, 0.15) is 5.56 Å². The quantitative estimate of drug-likeness (QED) is 0.659. The van der Waals surface area contributed by atoms with Crippen molar-refractivity contribution in [3.05, 3.63) is 64.3 Å². The third kappa shape index (κ3) is 2.49. The maximum atomic E-state index is 6.09. The molecule has 3 rings (SSSR count). The minimum Gasteiger partial charge on any atom is -0.487 e. The first kappa shape index (κ1) is 13.3. The Balaban J connectivity index is 1.92. The van der Waals surface area contributed by atoms with Gasteiger partial charge in [-0.15, -0.1) is 0 Å². The maximum absolute atomic E-state index is 6.09. The van der Waals surface area contributed by atoms with E-state index in [1.807, 2.05) is 49.5 Å². The van der Waals surface area contributed by atoms with Crippen LogP contribution in [-0.4, -0.2) is 4.57 Å². The second-order valence-corrected chi connectivity index (χ2v) is 5.49. The summed E-state index contributed by atoms with van der Waals surface area (Å²) in [6.45, 7) is 0.460. The maximum Gasteiger partial charge on any atom is 0.138 e. The van der Waals surface area contributed by atoms with Crippen LogP contribution >= 0.6 is 23.2 Å². The molecule has 2 nitrogen and oxygen atoms in total. The van der Waals surface area contributed by atoms with Crippen LogP contribution in [0.25, 0.3) is 10.9 Å². The standard InChI is InChI=1S/C16H13Cl2NO/c1-19-9-11(13-8-12(17)6-7-15(13)19)10-20-16-5-3-2-4-14(16)18/h2-9H,10H2,1H3. The molecule has 0 atom stereocenters. The zero-order valence-electron chi connectivity index (χ0n) is 10.9. The Morgan fingerprint density at radius 3 is 2.70 bits per heavy atom. The van der Waals surface area contributed by atoms with E-state index in [9.17, 15) is 0 Å². The molecule has 3 aromatic rings. The summed E-state index contributed by atoms with van der Waals surface area (Å²) < 4.78 is 7.86. The van der Waals surface area contributed by atoms with Gasteiger partial charge in [0, 0.05) is 34.7 Å². The highest BCUT2D eigenvalue weighted by molar-refractivity contribution is 6.32. The first-order valence-electron chi connectivity index (χ1n) is 6.26. The summed E-state index contributed by atoms with van der Waals surface area (Å²) >= 11 is 12.2. The van der Waals surface area contributed by atoms with Crippen molar-refractivity contribution in [2.45, 2.75) is 6.61 Å². The number of para-hydroxylation sites is 1. The van der Waals surface area contributed by atoms with Crippen LogP contribution in [0.15, 0.2) is 48.7 Å². The van der Waals surface area contributed by atoms with Crippen molar-refractivity contribution in [3.63, 3.8) is 0 Å². The number of rotatable bonds is 3. The van der Waals surface area contributed by atoms with E-state index in [4.69, 9.17) is 27.9 Å². The lowest BCUT2D eigenvalue weighted by atomic mass is 10.2. The minimum atomic E-state index is 0.460. The average molecular weight is 306 g/mol. The van der Waals surface area contributed by atoms with Gasteiger partial charge in [0.1, 0.15) is 12.4 Å². The highest BCUT2D eigenvalue weighted by Crippen LogP contribution is 2.28. The predicted molar refractivity (Wildman–Crippen MR) is 83.7 cm³/mol. The van der Waals surface area contributed by atoms with E-state index in [1.54, 1.807) is 0 Å². The lowest BCUT2D eigenvalue weighted by Crippen LogP contribution is -1.95. The van der Waals surface area contributed by atoms with Crippen molar-refractivity contribution in [3.8, 4) is 5.75 Å². The molecule has 0 aliphatic heterocycles. The van der Waals surface area contributed by atoms with Crippen LogP contribution in [0.4, 0.5) is 0 Å². The summed E-state index contributed by atoms with van der Waals surface area (Å²) in [4.78, 5) is 0. The van der Waals surface area contributed by atoms with Gasteiger partial charge in [0.05, 0.1) is 5.02 Å². The smallest absolute Gasteiger partial charge is 0.138 e. The van der Waals surface area contributed by atoms with Gasteiger partial charge >= 0.3 is 0 Å². The number of hydrogen-bond donors (Lipinski definition) is 0. The number of ether oxygens (including phenoxy) is 1. The molecule has 0 aliphatic carbocycles. The van der Waals surface area contributed by atoms with Crippen molar-refractivity contribution >= 4 is 34.1 Å². The SMILES string of the molecule is Cn1cc(COc2ccccc2Cl)c2cc(Cl)ccc21. The summed E-state index contributed by atoms with van der Waals surface area (Å²) in [6, 6.07) is 13.3. The van der Waals surface area contributed by atoms with Crippen molar-refractivity contribution in [1.82, 2.24) is 4.57 Å². The number of hydrogen-bond acceptors (Lipinski definition) is 1. The van der Waals surface area contributed by atoms with Gasteiger partial charge in [-0.05, 0) is 30.3 Å². The zero-order valence-corrected chi connectivity index (χ0v) is 12.4. The molecule has 0 spiro atoms. The predicted octanol–water partition coefficient (Wildman–Crippen LogP) is 5.06. The molecular formula is C16H13Cl2NO. The first-order valence-corrected chi connectivity index (χ1v) is 7.01. The number of fused-ring (bicyclic) bond motifs is 1. The van der Waals surface area contributed by atoms with Gasteiger partial charge in [0.15, 0.2) is 0 Å². The van der Waals surface area contributed by atoms with Gasteiger partial charge in [-0.1, -0.05) is 35.3 Å². The normalized spacial score (nSPS) is 10.9.